The summed E-state index contributed by atoms with van der Waals surface area (Å²) < 4.78 is 7.12. The van der Waals surface area contributed by atoms with Crippen LogP contribution in [0.2, 0.25) is 0 Å². The molecule has 0 fully saturated rings. The van der Waals surface area contributed by atoms with Crippen LogP contribution in [0, 0.1) is 13.8 Å². The molecule has 0 aliphatic carbocycles. The summed E-state index contributed by atoms with van der Waals surface area (Å²) in [5.41, 5.74) is 4.03. The van der Waals surface area contributed by atoms with Crippen molar-refractivity contribution in [1.29, 1.82) is 0 Å². The second-order valence-corrected chi connectivity index (χ2v) is 7.84. The number of aromatic nitrogens is 3. The number of fused-ring (bicyclic) bond motifs is 1. The first-order chi connectivity index (χ1) is 15.8. The van der Waals surface area contributed by atoms with E-state index in [1.54, 1.807) is 30.0 Å². The highest BCUT2D eigenvalue weighted by Crippen LogP contribution is 2.28. The first-order valence-corrected chi connectivity index (χ1v) is 10.5. The SMILES string of the molecule is COc1cccc2c(C)cc(-n3nc(C)cc3NC(=O)Cc3ccc(NC(C)=O)cc3)nc12. The number of benzene rings is 2. The number of nitrogens with one attached hydrogen (secondary N) is 2. The van der Waals surface area contributed by atoms with Gasteiger partial charge in [0, 0.05) is 24.1 Å². The van der Waals surface area contributed by atoms with Gasteiger partial charge < -0.3 is 15.4 Å². The number of methoxy groups -OCH3 is 1. The third-order valence-corrected chi connectivity index (χ3v) is 5.17. The van der Waals surface area contributed by atoms with Gasteiger partial charge in [-0.05, 0) is 49.2 Å². The van der Waals surface area contributed by atoms with Gasteiger partial charge in [-0.3, -0.25) is 9.59 Å². The van der Waals surface area contributed by atoms with E-state index in [4.69, 9.17) is 9.72 Å². The van der Waals surface area contributed by atoms with Gasteiger partial charge in [0.2, 0.25) is 11.8 Å². The molecule has 0 spiro atoms. The molecule has 4 aromatic rings. The third-order valence-electron chi connectivity index (χ3n) is 5.17. The summed E-state index contributed by atoms with van der Waals surface area (Å²) in [4.78, 5) is 28.7. The quantitative estimate of drug-likeness (QED) is 0.466. The van der Waals surface area contributed by atoms with Crippen molar-refractivity contribution in [2.75, 3.05) is 17.7 Å². The Labute approximate surface area is 191 Å². The molecule has 0 saturated carbocycles. The largest absolute Gasteiger partial charge is 0.494 e. The highest BCUT2D eigenvalue weighted by Gasteiger charge is 2.15. The minimum Gasteiger partial charge on any atom is -0.494 e. The number of nitrogens with zero attached hydrogens (tertiary/aromatic N) is 3. The minimum atomic E-state index is -0.182. The average Bonchev–Trinajstić information content (AvgIpc) is 3.14. The Balaban J connectivity index is 1.59. The van der Waals surface area contributed by atoms with Gasteiger partial charge in [-0.1, -0.05) is 24.3 Å². The Morgan fingerprint density at radius 3 is 2.48 bits per heavy atom. The molecule has 4 rings (SSSR count). The smallest absolute Gasteiger partial charge is 0.229 e. The van der Waals surface area contributed by atoms with Crippen LogP contribution < -0.4 is 15.4 Å². The van der Waals surface area contributed by atoms with Gasteiger partial charge in [0.1, 0.15) is 17.1 Å². The molecule has 0 aliphatic rings. The van der Waals surface area contributed by atoms with Crippen LogP contribution in [0.25, 0.3) is 16.7 Å². The summed E-state index contributed by atoms with van der Waals surface area (Å²) in [6, 6.07) is 16.7. The Hall–Kier alpha value is -4.20. The fourth-order valence-corrected chi connectivity index (χ4v) is 3.69. The van der Waals surface area contributed by atoms with Crippen LogP contribution in [-0.4, -0.2) is 33.7 Å². The fraction of sp³-hybridized carbons (Fsp3) is 0.200. The van der Waals surface area contributed by atoms with Crippen LogP contribution >= 0.6 is 0 Å². The molecule has 168 valence electrons. The number of rotatable bonds is 6. The van der Waals surface area contributed by atoms with Crippen molar-refractivity contribution in [3.63, 3.8) is 0 Å². The molecule has 2 amide bonds. The number of pyridine rings is 1. The number of hydrogen-bond acceptors (Lipinski definition) is 5. The van der Waals surface area contributed by atoms with E-state index in [1.165, 1.54) is 6.92 Å². The minimum absolute atomic E-state index is 0.140. The van der Waals surface area contributed by atoms with Gasteiger partial charge in [-0.2, -0.15) is 9.78 Å². The van der Waals surface area contributed by atoms with E-state index < -0.39 is 0 Å². The molecule has 0 saturated heterocycles. The number of hydrogen-bond donors (Lipinski definition) is 2. The summed E-state index contributed by atoms with van der Waals surface area (Å²) in [6.07, 6.45) is 0.183. The van der Waals surface area contributed by atoms with Gasteiger partial charge in [0.05, 0.1) is 19.2 Å². The number of anilines is 2. The van der Waals surface area contributed by atoms with Crippen molar-refractivity contribution in [2.45, 2.75) is 27.2 Å². The van der Waals surface area contributed by atoms with E-state index in [0.29, 0.717) is 23.1 Å². The lowest BCUT2D eigenvalue weighted by Gasteiger charge is -2.12. The number of amides is 2. The number of carbonyl (C=O) groups is 2. The first kappa shape index (κ1) is 22.0. The topological polar surface area (TPSA) is 98.1 Å². The molecular weight excluding hydrogens is 418 g/mol. The van der Waals surface area contributed by atoms with Crippen molar-refractivity contribution >= 4 is 34.2 Å². The molecule has 0 radical (unpaired) electrons. The number of carbonyl (C=O) groups excluding carboxylic acids is 2. The number of para-hydroxylation sites is 1. The van der Waals surface area contributed by atoms with Crippen LogP contribution in [0.5, 0.6) is 5.75 Å². The van der Waals surface area contributed by atoms with Crippen molar-refractivity contribution < 1.29 is 14.3 Å². The predicted molar refractivity (Wildman–Crippen MR) is 128 cm³/mol. The highest BCUT2D eigenvalue weighted by atomic mass is 16.5. The number of aryl methyl sites for hydroxylation is 2. The van der Waals surface area contributed by atoms with E-state index in [9.17, 15) is 9.59 Å². The lowest BCUT2D eigenvalue weighted by Crippen LogP contribution is -2.17. The summed E-state index contributed by atoms with van der Waals surface area (Å²) in [6.45, 7) is 5.32. The maximum Gasteiger partial charge on any atom is 0.229 e. The van der Waals surface area contributed by atoms with Gasteiger partial charge in [0.25, 0.3) is 0 Å². The van der Waals surface area contributed by atoms with Crippen LogP contribution in [-0.2, 0) is 16.0 Å². The zero-order chi connectivity index (χ0) is 23.5. The Morgan fingerprint density at radius 1 is 1.03 bits per heavy atom. The molecular formula is C25H25N5O3. The standard InChI is InChI=1S/C25H25N5O3/c1-15-12-22(28-25-20(15)6-5-7-21(25)33-4)30-23(13-16(2)29-30)27-24(32)14-18-8-10-19(11-9-18)26-17(3)31/h5-13H,14H2,1-4H3,(H,26,31)(H,27,32). The average molecular weight is 444 g/mol. The summed E-state index contributed by atoms with van der Waals surface area (Å²) in [7, 11) is 1.62. The first-order valence-electron chi connectivity index (χ1n) is 10.5. The zero-order valence-corrected chi connectivity index (χ0v) is 19.0. The van der Waals surface area contributed by atoms with Gasteiger partial charge in [-0.15, -0.1) is 0 Å². The normalized spacial score (nSPS) is 10.8. The van der Waals surface area contributed by atoms with E-state index in [1.807, 2.05) is 50.2 Å². The van der Waals surface area contributed by atoms with E-state index in [-0.39, 0.29) is 18.2 Å². The molecule has 0 atom stereocenters. The van der Waals surface area contributed by atoms with Crippen LogP contribution in [0.1, 0.15) is 23.7 Å². The van der Waals surface area contributed by atoms with Gasteiger partial charge in [-0.25, -0.2) is 4.98 Å². The molecule has 0 unspecified atom stereocenters. The lowest BCUT2D eigenvalue weighted by molar-refractivity contribution is -0.116. The lowest BCUT2D eigenvalue weighted by atomic mass is 10.1. The molecule has 2 aromatic carbocycles. The third kappa shape index (κ3) is 4.85. The molecule has 8 nitrogen and oxygen atoms in total. The fourth-order valence-electron chi connectivity index (χ4n) is 3.69. The molecule has 2 aromatic heterocycles. The molecule has 0 bridgehead atoms. The summed E-state index contributed by atoms with van der Waals surface area (Å²) in [5.74, 6) is 1.48. The summed E-state index contributed by atoms with van der Waals surface area (Å²) in [5, 5.41) is 11.2. The zero-order valence-electron chi connectivity index (χ0n) is 19.0. The summed E-state index contributed by atoms with van der Waals surface area (Å²) >= 11 is 0. The Kier molecular flexibility index (Phi) is 6.08. The molecule has 8 heteroatoms. The second-order valence-electron chi connectivity index (χ2n) is 7.84. The Bertz CT molecular complexity index is 1340. The van der Waals surface area contributed by atoms with Crippen LogP contribution in [0.15, 0.2) is 54.6 Å². The maximum absolute atomic E-state index is 12.8. The molecule has 33 heavy (non-hydrogen) atoms. The van der Waals surface area contributed by atoms with Crippen molar-refractivity contribution in [1.82, 2.24) is 14.8 Å². The van der Waals surface area contributed by atoms with Crippen molar-refractivity contribution in [3.05, 3.63) is 71.4 Å². The molecule has 2 heterocycles. The maximum atomic E-state index is 12.8. The van der Waals surface area contributed by atoms with Crippen molar-refractivity contribution in [3.8, 4) is 11.6 Å². The van der Waals surface area contributed by atoms with E-state index in [2.05, 4.69) is 15.7 Å². The van der Waals surface area contributed by atoms with Crippen LogP contribution in [0.4, 0.5) is 11.5 Å². The Morgan fingerprint density at radius 2 is 1.79 bits per heavy atom. The molecule has 2 N–H and O–H groups in total. The predicted octanol–water partition coefficient (Wildman–Crippen LogP) is 4.19. The monoisotopic (exact) mass is 443 g/mol. The van der Waals surface area contributed by atoms with Gasteiger partial charge >= 0.3 is 0 Å². The number of ether oxygens (including phenoxy) is 1. The van der Waals surface area contributed by atoms with E-state index >= 15 is 0 Å². The van der Waals surface area contributed by atoms with E-state index in [0.717, 1.165) is 27.7 Å². The second kappa shape index (κ2) is 9.12. The van der Waals surface area contributed by atoms with Gasteiger partial charge in [0.15, 0.2) is 5.82 Å². The van der Waals surface area contributed by atoms with Crippen molar-refractivity contribution in [2.24, 2.45) is 0 Å². The highest BCUT2D eigenvalue weighted by molar-refractivity contribution is 5.93. The molecule has 0 aliphatic heterocycles. The van der Waals surface area contributed by atoms with Crippen LogP contribution in [0.3, 0.4) is 0 Å².